The molecule has 0 aromatic carbocycles. The molecular weight excluding hydrogens is 204 g/mol. The summed E-state index contributed by atoms with van der Waals surface area (Å²) in [5.74, 6) is 0.374. The van der Waals surface area contributed by atoms with Crippen molar-refractivity contribution >= 4 is 5.97 Å². The van der Waals surface area contributed by atoms with Gasteiger partial charge >= 0.3 is 5.97 Å². The maximum Gasteiger partial charge on any atom is 0.308 e. The molecule has 90 valence electrons. The number of carbonyl (C=O) groups excluding carboxylic acids is 1. The van der Waals surface area contributed by atoms with Gasteiger partial charge in [-0.25, -0.2) is 0 Å². The van der Waals surface area contributed by atoms with Crippen LogP contribution in [0.5, 0.6) is 0 Å². The first-order chi connectivity index (χ1) is 7.72. The maximum absolute atomic E-state index is 11.4. The van der Waals surface area contributed by atoms with E-state index in [4.69, 9.17) is 9.47 Å². The van der Waals surface area contributed by atoms with Crippen molar-refractivity contribution in [1.29, 1.82) is 0 Å². The second kappa shape index (κ2) is 4.58. The predicted molar refractivity (Wildman–Crippen MR) is 61.0 cm³/mol. The molecule has 2 heterocycles. The van der Waals surface area contributed by atoms with Crippen molar-refractivity contribution in [2.24, 2.45) is 5.92 Å². The molecule has 3 nitrogen and oxygen atoms in total. The fourth-order valence-electron chi connectivity index (χ4n) is 2.98. The minimum atomic E-state index is -0.199. The lowest BCUT2D eigenvalue weighted by Gasteiger charge is -2.46. The van der Waals surface area contributed by atoms with Crippen LogP contribution in [-0.2, 0) is 14.3 Å². The van der Waals surface area contributed by atoms with E-state index in [2.05, 4.69) is 19.1 Å². The number of rotatable bonds is 5. The molecule has 0 amide bonds. The Labute approximate surface area is 96.8 Å². The normalized spacial score (nSPS) is 36.4. The van der Waals surface area contributed by atoms with Crippen molar-refractivity contribution in [3.63, 3.8) is 0 Å². The van der Waals surface area contributed by atoms with Crippen LogP contribution in [0.4, 0.5) is 0 Å². The van der Waals surface area contributed by atoms with Gasteiger partial charge < -0.3 is 9.47 Å². The monoisotopic (exact) mass is 224 g/mol. The van der Waals surface area contributed by atoms with E-state index in [-0.39, 0.29) is 11.6 Å². The van der Waals surface area contributed by atoms with Crippen LogP contribution in [0.3, 0.4) is 0 Å². The Morgan fingerprint density at radius 3 is 3.00 bits per heavy atom. The highest BCUT2D eigenvalue weighted by Gasteiger charge is 2.60. The Hall–Kier alpha value is -0.830. The van der Waals surface area contributed by atoms with E-state index in [0.717, 1.165) is 25.7 Å². The third-order valence-corrected chi connectivity index (χ3v) is 3.83. The second-order valence-corrected chi connectivity index (χ2v) is 4.73. The molecule has 0 spiro atoms. The van der Waals surface area contributed by atoms with Crippen LogP contribution in [0.25, 0.3) is 0 Å². The van der Waals surface area contributed by atoms with Crippen LogP contribution in [0.2, 0.25) is 0 Å². The lowest BCUT2D eigenvalue weighted by atomic mass is 9.79. The van der Waals surface area contributed by atoms with Gasteiger partial charge in [-0.3, -0.25) is 4.79 Å². The fraction of sp³-hybridized carbons (Fsp3) is 0.769. The van der Waals surface area contributed by atoms with E-state index in [1.807, 2.05) is 0 Å². The molecule has 3 fully saturated rings. The summed E-state index contributed by atoms with van der Waals surface area (Å²) in [6.45, 7) is 2.13. The highest BCUT2D eigenvalue weighted by molar-refractivity contribution is 5.71. The Kier molecular flexibility index (Phi) is 3.33. The first-order valence-electron chi connectivity index (χ1n) is 6.11. The van der Waals surface area contributed by atoms with Crippen molar-refractivity contribution < 1.29 is 14.3 Å². The van der Waals surface area contributed by atoms with Gasteiger partial charge in [0.15, 0.2) is 0 Å². The summed E-state index contributed by atoms with van der Waals surface area (Å²) in [5, 5.41) is 0. The zero-order chi connectivity index (χ0) is 11.6. The van der Waals surface area contributed by atoms with Crippen LogP contribution in [0, 0.1) is 5.92 Å². The van der Waals surface area contributed by atoms with Crippen molar-refractivity contribution in [3.8, 4) is 0 Å². The largest absolute Gasteiger partial charge is 0.469 e. The molecule has 2 bridgehead atoms. The third kappa shape index (κ3) is 1.88. The van der Waals surface area contributed by atoms with Gasteiger partial charge in [0.05, 0.1) is 25.2 Å². The van der Waals surface area contributed by atoms with Gasteiger partial charge in [0, 0.05) is 5.92 Å². The minimum absolute atomic E-state index is 0.148. The number of carbonyl (C=O) groups is 1. The molecule has 0 N–H and O–H groups in total. The number of esters is 1. The molecular formula is C13H20O3. The summed E-state index contributed by atoms with van der Waals surface area (Å²) >= 11 is 0. The van der Waals surface area contributed by atoms with Gasteiger partial charge in [-0.1, -0.05) is 19.1 Å². The summed E-state index contributed by atoms with van der Waals surface area (Å²) < 4.78 is 10.6. The SMILES string of the molecule is CCC=CC[C@@H]1C2CC[C@]1(CC(=O)OC)O2. The molecule has 1 unspecified atom stereocenters. The Balaban J connectivity index is 1.93. The molecule has 3 atom stereocenters. The van der Waals surface area contributed by atoms with Crippen molar-refractivity contribution in [3.05, 3.63) is 12.2 Å². The smallest absolute Gasteiger partial charge is 0.308 e. The molecule has 1 aliphatic carbocycles. The number of ether oxygens (including phenoxy) is 2. The molecule has 0 aromatic heterocycles. The molecule has 3 heteroatoms. The van der Waals surface area contributed by atoms with Gasteiger partial charge in [0.25, 0.3) is 0 Å². The highest BCUT2D eigenvalue weighted by Crippen LogP contribution is 2.55. The van der Waals surface area contributed by atoms with Gasteiger partial charge in [0.1, 0.15) is 0 Å². The van der Waals surface area contributed by atoms with E-state index >= 15 is 0 Å². The van der Waals surface area contributed by atoms with E-state index in [1.54, 1.807) is 0 Å². The van der Waals surface area contributed by atoms with Crippen LogP contribution in [0.1, 0.15) is 39.0 Å². The average molecular weight is 224 g/mol. The predicted octanol–water partition coefficient (Wildman–Crippen LogP) is 2.45. The van der Waals surface area contributed by atoms with Gasteiger partial charge in [-0.05, 0) is 25.7 Å². The fourth-order valence-corrected chi connectivity index (χ4v) is 2.98. The molecule has 3 rings (SSSR count). The van der Waals surface area contributed by atoms with Crippen molar-refractivity contribution in [2.45, 2.75) is 50.7 Å². The van der Waals surface area contributed by atoms with Gasteiger partial charge in [-0.15, -0.1) is 0 Å². The lowest BCUT2D eigenvalue weighted by molar-refractivity contribution is -0.216. The first kappa shape index (κ1) is 11.6. The summed E-state index contributed by atoms with van der Waals surface area (Å²) in [7, 11) is 1.44. The quantitative estimate of drug-likeness (QED) is 0.531. The molecule has 0 aromatic rings. The molecule has 3 aliphatic rings. The van der Waals surface area contributed by atoms with E-state index in [9.17, 15) is 4.79 Å². The maximum atomic E-state index is 11.4. The Bertz CT molecular complexity index is 294. The van der Waals surface area contributed by atoms with Crippen LogP contribution in [-0.4, -0.2) is 24.8 Å². The molecule has 0 radical (unpaired) electrons. The highest BCUT2D eigenvalue weighted by atomic mass is 16.6. The zero-order valence-electron chi connectivity index (χ0n) is 10.1. The molecule has 2 saturated heterocycles. The molecule has 1 saturated carbocycles. The summed E-state index contributed by atoms with van der Waals surface area (Å²) in [4.78, 5) is 11.4. The topological polar surface area (TPSA) is 35.5 Å². The van der Waals surface area contributed by atoms with Crippen molar-refractivity contribution in [2.75, 3.05) is 7.11 Å². The standard InChI is InChI=1S/C13H20O3/c1-3-4-5-6-10-11-7-8-13(10,16-11)9-12(14)15-2/h4-5,10-11H,3,6-9H2,1-2H3/t10-,11?,13-/m1/s1. The second-order valence-electron chi connectivity index (χ2n) is 4.73. The minimum Gasteiger partial charge on any atom is -0.469 e. The zero-order valence-corrected chi connectivity index (χ0v) is 10.1. The van der Waals surface area contributed by atoms with Crippen LogP contribution in [0.15, 0.2) is 12.2 Å². The number of hydrogen-bond acceptors (Lipinski definition) is 3. The number of fused-ring (bicyclic) bond motifs is 1. The summed E-state index contributed by atoms with van der Waals surface area (Å²) in [5.41, 5.74) is -0.199. The third-order valence-electron chi connectivity index (χ3n) is 3.83. The average Bonchev–Trinajstić information content (AvgIpc) is 2.82. The summed E-state index contributed by atoms with van der Waals surface area (Å²) in [6.07, 6.45) is 9.42. The first-order valence-corrected chi connectivity index (χ1v) is 6.11. The van der Waals surface area contributed by atoms with E-state index < -0.39 is 0 Å². The van der Waals surface area contributed by atoms with Gasteiger partial charge in [0.2, 0.25) is 0 Å². The van der Waals surface area contributed by atoms with E-state index in [0.29, 0.717) is 18.4 Å². The summed E-state index contributed by atoms with van der Waals surface area (Å²) in [6, 6.07) is 0. The number of allylic oxidation sites excluding steroid dienone is 2. The molecule has 16 heavy (non-hydrogen) atoms. The number of hydrogen-bond donors (Lipinski definition) is 0. The van der Waals surface area contributed by atoms with Crippen molar-refractivity contribution in [1.82, 2.24) is 0 Å². The van der Waals surface area contributed by atoms with Crippen LogP contribution >= 0.6 is 0 Å². The Morgan fingerprint density at radius 1 is 1.56 bits per heavy atom. The number of methoxy groups -OCH3 is 1. The van der Waals surface area contributed by atoms with E-state index in [1.165, 1.54) is 7.11 Å². The van der Waals surface area contributed by atoms with Crippen LogP contribution < -0.4 is 0 Å². The lowest BCUT2D eigenvalue weighted by Crippen LogP contribution is -2.53. The molecule has 2 aliphatic heterocycles. The van der Waals surface area contributed by atoms with Gasteiger partial charge in [-0.2, -0.15) is 0 Å². The Morgan fingerprint density at radius 2 is 2.38 bits per heavy atom.